The number of hydrogen-bond acceptors (Lipinski definition) is 3. The van der Waals surface area contributed by atoms with Crippen LogP contribution in [0, 0.1) is 0 Å². The minimum Gasteiger partial charge on any atom is -0.306 e. The Bertz CT molecular complexity index is 557. The molecule has 0 atom stereocenters. The molecule has 0 aromatic carbocycles. The van der Waals surface area contributed by atoms with Crippen molar-refractivity contribution in [2.24, 2.45) is 0 Å². The second-order valence-electron chi connectivity index (χ2n) is 3.94. The standard InChI is InChI=1S/C11H11Br2N3OS/c1-6(2)16-9(3-4-14-16)15-11(17)8-5-7(12)10(13)18-8/h3-6H,1-2H3,(H,15,17). The molecular weight excluding hydrogens is 382 g/mol. The molecule has 0 radical (unpaired) electrons. The summed E-state index contributed by atoms with van der Waals surface area (Å²) in [6.07, 6.45) is 1.68. The summed E-state index contributed by atoms with van der Waals surface area (Å²) in [5, 5.41) is 7.03. The molecule has 2 aromatic heterocycles. The molecule has 0 unspecified atom stereocenters. The van der Waals surface area contributed by atoms with E-state index in [4.69, 9.17) is 0 Å². The van der Waals surface area contributed by atoms with Crippen LogP contribution in [0.25, 0.3) is 0 Å². The highest BCUT2D eigenvalue weighted by atomic mass is 79.9. The second kappa shape index (κ2) is 5.54. The minimum atomic E-state index is -0.131. The van der Waals surface area contributed by atoms with Crippen molar-refractivity contribution in [3.05, 3.63) is 31.5 Å². The summed E-state index contributed by atoms with van der Waals surface area (Å²) >= 11 is 8.13. The van der Waals surface area contributed by atoms with Crippen LogP contribution in [0.5, 0.6) is 0 Å². The first-order valence-corrected chi connectivity index (χ1v) is 7.69. The van der Waals surface area contributed by atoms with Crippen LogP contribution in [-0.4, -0.2) is 15.7 Å². The van der Waals surface area contributed by atoms with Crippen LogP contribution in [0.3, 0.4) is 0 Å². The maximum atomic E-state index is 12.1. The SMILES string of the molecule is CC(C)n1nccc1NC(=O)c1cc(Br)c(Br)s1. The molecule has 0 bridgehead atoms. The van der Waals surface area contributed by atoms with Crippen LogP contribution >= 0.6 is 43.2 Å². The summed E-state index contributed by atoms with van der Waals surface area (Å²) in [5.74, 6) is 0.574. The van der Waals surface area contributed by atoms with Gasteiger partial charge in [-0.15, -0.1) is 11.3 Å². The zero-order valence-corrected chi connectivity index (χ0v) is 13.8. The first-order chi connectivity index (χ1) is 8.49. The van der Waals surface area contributed by atoms with Crippen molar-refractivity contribution in [2.75, 3.05) is 5.32 Å². The minimum absolute atomic E-state index is 0.131. The Kier molecular flexibility index (Phi) is 4.24. The molecule has 0 aliphatic rings. The fourth-order valence-electron chi connectivity index (χ4n) is 1.46. The second-order valence-corrected chi connectivity index (χ2v) is 7.17. The third-order valence-corrected chi connectivity index (χ3v) is 5.52. The highest BCUT2D eigenvalue weighted by molar-refractivity contribution is 9.13. The molecule has 4 nitrogen and oxygen atoms in total. The van der Waals surface area contributed by atoms with Gasteiger partial charge in [-0.1, -0.05) is 0 Å². The topological polar surface area (TPSA) is 46.9 Å². The molecule has 2 aromatic rings. The summed E-state index contributed by atoms with van der Waals surface area (Å²) < 4.78 is 3.57. The van der Waals surface area contributed by atoms with Crippen molar-refractivity contribution in [3.8, 4) is 0 Å². The van der Waals surface area contributed by atoms with Gasteiger partial charge in [0.1, 0.15) is 5.82 Å². The number of hydrogen-bond donors (Lipinski definition) is 1. The third kappa shape index (κ3) is 2.84. The summed E-state index contributed by atoms with van der Waals surface area (Å²) in [7, 11) is 0. The van der Waals surface area contributed by atoms with Crippen LogP contribution < -0.4 is 5.32 Å². The Hall–Kier alpha value is -0.660. The van der Waals surface area contributed by atoms with Crippen LogP contribution in [0.15, 0.2) is 26.6 Å². The average molecular weight is 393 g/mol. The Morgan fingerprint density at radius 3 is 2.78 bits per heavy atom. The van der Waals surface area contributed by atoms with Gasteiger partial charge in [0.2, 0.25) is 0 Å². The van der Waals surface area contributed by atoms with Crippen molar-refractivity contribution in [1.29, 1.82) is 0 Å². The molecule has 0 aliphatic carbocycles. The smallest absolute Gasteiger partial charge is 0.266 e. The predicted molar refractivity (Wildman–Crippen MR) is 80.3 cm³/mol. The van der Waals surface area contributed by atoms with Crippen LogP contribution in [-0.2, 0) is 0 Å². The number of carbonyl (C=O) groups is 1. The number of aromatic nitrogens is 2. The number of rotatable bonds is 3. The van der Waals surface area contributed by atoms with E-state index in [-0.39, 0.29) is 11.9 Å². The van der Waals surface area contributed by atoms with E-state index in [1.807, 2.05) is 13.8 Å². The number of nitrogens with one attached hydrogen (secondary N) is 1. The fourth-order valence-corrected chi connectivity index (χ4v) is 3.39. The van der Waals surface area contributed by atoms with Gasteiger partial charge in [-0.3, -0.25) is 4.79 Å². The van der Waals surface area contributed by atoms with Gasteiger partial charge in [-0.2, -0.15) is 5.10 Å². The van der Waals surface area contributed by atoms with E-state index in [1.165, 1.54) is 11.3 Å². The lowest BCUT2D eigenvalue weighted by Gasteiger charge is -2.10. The average Bonchev–Trinajstić information content (AvgIpc) is 2.87. The number of nitrogens with zero attached hydrogens (tertiary/aromatic N) is 2. The normalized spacial score (nSPS) is 10.9. The lowest BCUT2D eigenvalue weighted by atomic mass is 10.4. The van der Waals surface area contributed by atoms with Crippen molar-refractivity contribution in [2.45, 2.75) is 19.9 Å². The molecule has 2 rings (SSSR count). The van der Waals surface area contributed by atoms with Gasteiger partial charge in [0.15, 0.2) is 0 Å². The number of amides is 1. The molecule has 18 heavy (non-hydrogen) atoms. The lowest BCUT2D eigenvalue weighted by molar-refractivity contribution is 0.102. The Labute approximate surface area is 126 Å². The zero-order chi connectivity index (χ0) is 13.3. The van der Waals surface area contributed by atoms with E-state index in [0.29, 0.717) is 10.7 Å². The molecule has 96 valence electrons. The van der Waals surface area contributed by atoms with E-state index in [2.05, 4.69) is 42.3 Å². The first kappa shape index (κ1) is 13.8. The van der Waals surface area contributed by atoms with E-state index in [0.717, 1.165) is 8.26 Å². The lowest BCUT2D eigenvalue weighted by Crippen LogP contribution is -2.15. The Balaban J connectivity index is 2.19. The molecule has 1 N–H and O–H groups in total. The summed E-state index contributed by atoms with van der Waals surface area (Å²) in [6.45, 7) is 4.03. The van der Waals surface area contributed by atoms with Crippen molar-refractivity contribution < 1.29 is 4.79 Å². The first-order valence-electron chi connectivity index (χ1n) is 5.28. The number of carbonyl (C=O) groups excluding carboxylic acids is 1. The van der Waals surface area contributed by atoms with Crippen LogP contribution in [0.4, 0.5) is 5.82 Å². The van der Waals surface area contributed by atoms with Gasteiger partial charge in [0.25, 0.3) is 5.91 Å². The van der Waals surface area contributed by atoms with Gasteiger partial charge in [-0.05, 0) is 51.8 Å². The van der Waals surface area contributed by atoms with Gasteiger partial charge in [-0.25, -0.2) is 4.68 Å². The molecule has 0 aliphatic heterocycles. The highest BCUT2D eigenvalue weighted by Gasteiger charge is 2.14. The Morgan fingerprint density at radius 1 is 1.50 bits per heavy atom. The number of halogens is 2. The van der Waals surface area contributed by atoms with Gasteiger partial charge in [0.05, 0.1) is 14.9 Å². The molecule has 0 spiro atoms. The number of thiophene rings is 1. The fraction of sp³-hybridized carbons (Fsp3) is 0.273. The maximum Gasteiger partial charge on any atom is 0.266 e. The summed E-state index contributed by atoms with van der Waals surface area (Å²) in [4.78, 5) is 12.7. The number of anilines is 1. The largest absolute Gasteiger partial charge is 0.306 e. The molecule has 1 amide bonds. The van der Waals surface area contributed by atoms with Crippen molar-refractivity contribution in [3.63, 3.8) is 0 Å². The Morgan fingerprint density at radius 2 is 2.22 bits per heavy atom. The molecule has 0 saturated heterocycles. The highest BCUT2D eigenvalue weighted by Crippen LogP contribution is 2.32. The monoisotopic (exact) mass is 391 g/mol. The molecule has 2 heterocycles. The van der Waals surface area contributed by atoms with E-state index in [9.17, 15) is 4.79 Å². The molecule has 0 fully saturated rings. The van der Waals surface area contributed by atoms with E-state index in [1.54, 1.807) is 23.0 Å². The zero-order valence-electron chi connectivity index (χ0n) is 9.78. The predicted octanol–water partition coefficient (Wildman–Crippen LogP) is 4.30. The van der Waals surface area contributed by atoms with Gasteiger partial charge < -0.3 is 5.32 Å². The molecule has 7 heteroatoms. The van der Waals surface area contributed by atoms with Crippen molar-refractivity contribution in [1.82, 2.24) is 9.78 Å². The van der Waals surface area contributed by atoms with E-state index < -0.39 is 0 Å². The van der Waals surface area contributed by atoms with Crippen LogP contribution in [0.1, 0.15) is 29.6 Å². The summed E-state index contributed by atoms with van der Waals surface area (Å²) in [6, 6.07) is 3.78. The molecule has 0 saturated carbocycles. The summed E-state index contributed by atoms with van der Waals surface area (Å²) in [5.41, 5.74) is 0. The van der Waals surface area contributed by atoms with E-state index >= 15 is 0 Å². The third-order valence-electron chi connectivity index (χ3n) is 2.27. The molecular formula is C11H11Br2N3OS. The maximum absolute atomic E-state index is 12.1. The van der Waals surface area contributed by atoms with Crippen LogP contribution in [0.2, 0.25) is 0 Å². The van der Waals surface area contributed by atoms with Gasteiger partial charge in [0, 0.05) is 16.6 Å². The van der Waals surface area contributed by atoms with Crippen molar-refractivity contribution >= 4 is 54.9 Å². The van der Waals surface area contributed by atoms with Gasteiger partial charge >= 0.3 is 0 Å². The quantitative estimate of drug-likeness (QED) is 0.846.